The van der Waals surface area contributed by atoms with Gasteiger partial charge in [0, 0.05) is 26.7 Å². The maximum atomic E-state index is 4.67. The van der Waals surface area contributed by atoms with Crippen LogP contribution in [0.5, 0.6) is 0 Å². The molecule has 19 heavy (non-hydrogen) atoms. The zero-order chi connectivity index (χ0) is 13.9. The van der Waals surface area contributed by atoms with Crippen LogP contribution in [-0.2, 0) is 13.6 Å². The molecule has 0 unspecified atom stereocenters. The summed E-state index contributed by atoms with van der Waals surface area (Å²) >= 11 is 0. The SMILES string of the molecule is CCNC(=NCc1ncnn1C)N1CCC(C)(C)C1. The number of aliphatic imine (C=N–C) groups is 1. The van der Waals surface area contributed by atoms with Crippen molar-refractivity contribution in [3.8, 4) is 0 Å². The molecule has 0 amide bonds. The Morgan fingerprint density at radius 2 is 2.32 bits per heavy atom. The fourth-order valence-corrected chi connectivity index (χ4v) is 2.33. The normalized spacial score (nSPS) is 18.9. The molecule has 0 saturated carbocycles. The van der Waals surface area contributed by atoms with Gasteiger partial charge in [0.2, 0.25) is 0 Å². The summed E-state index contributed by atoms with van der Waals surface area (Å²) in [4.78, 5) is 11.2. The second-order valence-electron chi connectivity index (χ2n) is 5.81. The second-order valence-corrected chi connectivity index (χ2v) is 5.81. The number of guanidine groups is 1. The lowest BCUT2D eigenvalue weighted by Gasteiger charge is -2.23. The van der Waals surface area contributed by atoms with Gasteiger partial charge in [0.05, 0.1) is 0 Å². The van der Waals surface area contributed by atoms with Crippen LogP contribution in [-0.4, -0.2) is 45.3 Å². The van der Waals surface area contributed by atoms with E-state index in [2.05, 4.69) is 46.1 Å². The summed E-state index contributed by atoms with van der Waals surface area (Å²) in [6.07, 6.45) is 2.78. The molecular weight excluding hydrogens is 240 g/mol. The molecule has 0 bridgehead atoms. The number of aryl methyl sites for hydroxylation is 1. The minimum absolute atomic E-state index is 0.376. The Morgan fingerprint density at radius 3 is 2.84 bits per heavy atom. The molecule has 1 aromatic heterocycles. The van der Waals surface area contributed by atoms with Crippen molar-refractivity contribution in [2.24, 2.45) is 17.5 Å². The average Bonchev–Trinajstić information content (AvgIpc) is 2.91. The summed E-state index contributed by atoms with van der Waals surface area (Å²) in [7, 11) is 1.89. The van der Waals surface area contributed by atoms with E-state index in [4.69, 9.17) is 0 Å². The van der Waals surface area contributed by atoms with Crippen molar-refractivity contribution < 1.29 is 0 Å². The number of rotatable bonds is 3. The lowest BCUT2D eigenvalue weighted by atomic mass is 9.93. The van der Waals surface area contributed by atoms with Crippen molar-refractivity contribution in [2.45, 2.75) is 33.7 Å². The van der Waals surface area contributed by atoms with Crippen LogP contribution >= 0.6 is 0 Å². The molecule has 0 radical (unpaired) electrons. The van der Waals surface area contributed by atoms with Crippen LogP contribution in [0.15, 0.2) is 11.3 Å². The predicted molar refractivity (Wildman–Crippen MR) is 75.8 cm³/mol. The largest absolute Gasteiger partial charge is 0.357 e. The number of nitrogens with one attached hydrogen (secondary N) is 1. The van der Waals surface area contributed by atoms with Gasteiger partial charge in [-0.1, -0.05) is 13.8 Å². The standard InChI is InChI=1S/C13H24N6/c1-5-14-12(19-7-6-13(2,3)9-19)15-8-11-16-10-17-18(11)4/h10H,5-9H2,1-4H3,(H,14,15). The van der Waals surface area contributed by atoms with Crippen LogP contribution in [0.2, 0.25) is 0 Å². The van der Waals surface area contributed by atoms with Gasteiger partial charge >= 0.3 is 0 Å². The van der Waals surface area contributed by atoms with Crippen LogP contribution in [0, 0.1) is 5.41 Å². The van der Waals surface area contributed by atoms with Crippen molar-refractivity contribution in [3.63, 3.8) is 0 Å². The predicted octanol–water partition coefficient (Wildman–Crippen LogP) is 1.01. The van der Waals surface area contributed by atoms with Crippen molar-refractivity contribution >= 4 is 5.96 Å². The maximum Gasteiger partial charge on any atom is 0.194 e. The van der Waals surface area contributed by atoms with E-state index in [0.29, 0.717) is 12.0 Å². The lowest BCUT2D eigenvalue weighted by Crippen LogP contribution is -2.40. The van der Waals surface area contributed by atoms with Gasteiger partial charge in [0.25, 0.3) is 0 Å². The number of nitrogens with zero attached hydrogens (tertiary/aromatic N) is 5. The fraction of sp³-hybridized carbons (Fsp3) is 0.769. The van der Waals surface area contributed by atoms with Gasteiger partial charge in [-0.2, -0.15) is 5.10 Å². The van der Waals surface area contributed by atoms with E-state index in [9.17, 15) is 0 Å². The highest BCUT2D eigenvalue weighted by atomic mass is 15.3. The monoisotopic (exact) mass is 264 g/mol. The molecular formula is C13H24N6. The first-order valence-corrected chi connectivity index (χ1v) is 6.88. The van der Waals surface area contributed by atoms with Gasteiger partial charge in [-0.05, 0) is 18.8 Å². The van der Waals surface area contributed by atoms with Gasteiger partial charge in [-0.3, -0.25) is 4.68 Å². The third-order valence-electron chi connectivity index (χ3n) is 3.49. The molecule has 1 aromatic rings. The molecule has 1 fully saturated rings. The minimum atomic E-state index is 0.376. The van der Waals surface area contributed by atoms with Gasteiger partial charge < -0.3 is 10.2 Å². The molecule has 1 aliphatic heterocycles. The molecule has 0 aliphatic carbocycles. The summed E-state index contributed by atoms with van der Waals surface area (Å²) in [5, 5.41) is 7.43. The molecule has 0 atom stereocenters. The molecule has 0 spiro atoms. The molecule has 106 valence electrons. The van der Waals surface area contributed by atoms with Gasteiger partial charge in [0.1, 0.15) is 18.7 Å². The zero-order valence-electron chi connectivity index (χ0n) is 12.3. The van der Waals surface area contributed by atoms with Crippen molar-refractivity contribution in [3.05, 3.63) is 12.2 Å². The molecule has 0 aromatic carbocycles. The van der Waals surface area contributed by atoms with Crippen LogP contribution in [0.3, 0.4) is 0 Å². The number of hydrogen-bond acceptors (Lipinski definition) is 3. The van der Waals surface area contributed by atoms with Crippen molar-refractivity contribution in [1.82, 2.24) is 25.0 Å². The molecule has 2 heterocycles. The Balaban J connectivity index is 2.05. The summed E-state index contributed by atoms with van der Waals surface area (Å²) in [6.45, 7) is 10.3. The van der Waals surface area contributed by atoms with Crippen LogP contribution in [0.25, 0.3) is 0 Å². The topological polar surface area (TPSA) is 58.3 Å². The first-order chi connectivity index (χ1) is 9.02. The maximum absolute atomic E-state index is 4.67. The lowest BCUT2D eigenvalue weighted by molar-refractivity contribution is 0.370. The minimum Gasteiger partial charge on any atom is -0.357 e. The third-order valence-corrected chi connectivity index (χ3v) is 3.49. The Hall–Kier alpha value is -1.59. The zero-order valence-corrected chi connectivity index (χ0v) is 12.3. The van der Waals surface area contributed by atoms with Crippen LogP contribution in [0.4, 0.5) is 0 Å². The highest BCUT2D eigenvalue weighted by molar-refractivity contribution is 5.80. The van der Waals surface area contributed by atoms with Crippen molar-refractivity contribution in [2.75, 3.05) is 19.6 Å². The Bertz CT molecular complexity index is 448. The third kappa shape index (κ3) is 3.45. The number of likely N-dealkylation sites (tertiary alicyclic amines) is 1. The highest BCUT2D eigenvalue weighted by Gasteiger charge is 2.30. The second kappa shape index (κ2) is 5.59. The first kappa shape index (κ1) is 13.8. The molecule has 1 saturated heterocycles. The highest BCUT2D eigenvalue weighted by Crippen LogP contribution is 2.28. The first-order valence-electron chi connectivity index (χ1n) is 6.88. The number of hydrogen-bond donors (Lipinski definition) is 1. The Morgan fingerprint density at radius 1 is 1.53 bits per heavy atom. The summed E-state index contributed by atoms with van der Waals surface area (Å²) < 4.78 is 1.76. The van der Waals surface area contributed by atoms with Crippen LogP contribution in [0.1, 0.15) is 33.0 Å². The summed E-state index contributed by atoms with van der Waals surface area (Å²) in [5.41, 5.74) is 0.376. The van der Waals surface area contributed by atoms with Gasteiger partial charge in [-0.15, -0.1) is 0 Å². The van der Waals surface area contributed by atoms with E-state index in [1.807, 2.05) is 7.05 Å². The summed E-state index contributed by atoms with van der Waals surface area (Å²) in [6, 6.07) is 0. The van der Waals surface area contributed by atoms with E-state index < -0.39 is 0 Å². The molecule has 1 N–H and O–H groups in total. The van der Waals surface area contributed by atoms with Crippen molar-refractivity contribution in [1.29, 1.82) is 0 Å². The van der Waals surface area contributed by atoms with E-state index >= 15 is 0 Å². The smallest absolute Gasteiger partial charge is 0.194 e. The van der Waals surface area contributed by atoms with E-state index in [1.54, 1.807) is 11.0 Å². The van der Waals surface area contributed by atoms with Crippen LogP contribution < -0.4 is 5.32 Å². The fourth-order valence-electron chi connectivity index (χ4n) is 2.33. The number of aromatic nitrogens is 3. The van der Waals surface area contributed by atoms with Gasteiger partial charge in [0.15, 0.2) is 5.96 Å². The summed E-state index contributed by atoms with van der Waals surface area (Å²) in [5.74, 6) is 1.87. The Kier molecular flexibility index (Phi) is 4.07. The Labute approximate surface area is 114 Å². The van der Waals surface area contributed by atoms with Gasteiger partial charge in [-0.25, -0.2) is 9.98 Å². The molecule has 1 aliphatic rings. The van der Waals surface area contributed by atoms with E-state index in [1.165, 1.54) is 6.42 Å². The van der Waals surface area contributed by atoms with E-state index in [-0.39, 0.29) is 0 Å². The quantitative estimate of drug-likeness (QED) is 0.654. The van der Waals surface area contributed by atoms with E-state index in [0.717, 1.165) is 31.4 Å². The molecule has 2 rings (SSSR count). The molecule has 6 heteroatoms. The molecule has 6 nitrogen and oxygen atoms in total. The average molecular weight is 264 g/mol.